The van der Waals surface area contributed by atoms with Gasteiger partial charge >= 0.3 is 0 Å². The molecule has 124 valence electrons. The highest BCUT2D eigenvalue weighted by molar-refractivity contribution is 5.92. The molecule has 6 heteroatoms. The van der Waals surface area contributed by atoms with E-state index < -0.39 is 6.10 Å². The Hall–Kier alpha value is -1.40. The summed E-state index contributed by atoms with van der Waals surface area (Å²) in [4.78, 5) is 12.1. The standard InChI is InChI=1S/C16H28N4O2/c1-16(2,3)9-13(21)11-18-15(22)14-6-8-20(19-14)12-5-4-7-17-10-12/h6,8,12-13,17,21H,4-5,7,9-11H2,1-3H3,(H,18,22). The Labute approximate surface area is 132 Å². The summed E-state index contributed by atoms with van der Waals surface area (Å²) in [6.45, 7) is 8.41. The molecule has 0 bridgehead atoms. The summed E-state index contributed by atoms with van der Waals surface area (Å²) in [6.07, 6.45) is 4.19. The zero-order valence-corrected chi connectivity index (χ0v) is 13.8. The monoisotopic (exact) mass is 308 g/mol. The fourth-order valence-corrected chi connectivity index (χ4v) is 2.80. The van der Waals surface area contributed by atoms with Gasteiger partial charge in [0.1, 0.15) is 5.69 Å². The zero-order valence-electron chi connectivity index (χ0n) is 13.8. The van der Waals surface area contributed by atoms with Gasteiger partial charge in [-0.05, 0) is 37.3 Å². The smallest absolute Gasteiger partial charge is 0.271 e. The van der Waals surface area contributed by atoms with Crippen molar-refractivity contribution in [1.29, 1.82) is 0 Å². The SMILES string of the molecule is CC(C)(C)CC(O)CNC(=O)c1ccn(C2CCCNC2)n1. The number of rotatable bonds is 5. The summed E-state index contributed by atoms with van der Waals surface area (Å²) in [5, 5.41) is 20.4. The molecule has 0 saturated carbocycles. The van der Waals surface area contributed by atoms with Crippen molar-refractivity contribution in [3.63, 3.8) is 0 Å². The summed E-state index contributed by atoms with van der Waals surface area (Å²) in [5.74, 6) is -0.226. The van der Waals surface area contributed by atoms with E-state index in [0.29, 0.717) is 18.2 Å². The second-order valence-electron chi connectivity index (χ2n) is 7.31. The molecule has 0 aromatic carbocycles. The molecule has 1 aromatic rings. The first-order valence-electron chi connectivity index (χ1n) is 8.07. The maximum atomic E-state index is 12.1. The topological polar surface area (TPSA) is 79.2 Å². The van der Waals surface area contributed by atoms with Crippen LogP contribution in [0.2, 0.25) is 0 Å². The van der Waals surface area contributed by atoms with Crippen LogP contribution in [-0.4, -0.2) is 46.5 Å². The van der Waals surface area contributed by atoms with Crippen LogP contribution in [0.4, 0.5) is 0 Å². The van der Waals surface area contributed by atoms with Crippen molar-refractivity contribution in [2.24, 2.45) is 5.41 Å². The van der Waals surface area contributed by atoms with Gasteiger partial charge in [0.2, 0.25) is 0 Å². The molecule has 1 aromatic heterocycles. The predicted molar refractivity (Wildman–Crippen MR) is 85.8 cm³/mol. The largest absolute Gasteiger partial charge is 0.391 e. The van der Waals surface area contributed by atoms with Gasteiger partial charge in [-0.3, -0.25) is 9.48 Å². The van der Waals surface area contributed by atoms with Crippen LogP contribution in [0.5, 0.6) is 0 Å². The highest BCUT2D eigenvalue weighted by Crippen LogP contribution is 2.20. The van der Waals surface area contributed by atoms with Gasteiger partial charge in [-0.2, -0.15) is 5.10 Å². The minimum absolute atomic E-state index is 0.0414. The van der Waals surface area contributed by atoms with Gasteiger partial charge in [0.05, 0.1) is 12.1 Å². The highest BCUT2D eigenvalue weighted by Gasteiger charge is 2.20. The van der Waals surface area contributed by atoms with Crippen LogP contribution in [0, 0.1) is 5.41 Å². The number of hydrogen-bond acceptors (Lipinski definition) is 4. The lowest BCUT2D eigenvalue weighted by Gasteiger charge is -2.23. The third-order valence-corrected chi connectivity index (χ3v) is 3.83. The molecule has 1 fully saturated rings. The average molecular weight is 308 g/mol. The zero-order chi connectivity index (χ0) is 16.2. The molecule has 22 heavy (non-hydrogen) atoms. The highest BCUT2D eigenvalue weighted by atomic mass is 16.3. The average Bonchev–Trinajstić information content (AvgIpc) is 2.94. The fraction of sp³-hybridized carbons (Fsp3) is 0.750. The molecule has 2 heterocycles. The summed E-state index contributed by atoms with van der Waals surface area (Å²) < 4.78 is 1.87. The second kappa shape index (κ2) is 7.24. The Kier molecular flexibility index (Phi) is 5.58. The number of aromatic nitrogens is 2. The lowest BCUT2D eigenvalue weighted by Crippen LogP contribution is -2.35. The Morgan fingerprint density at radius 1 is 1.59 bits per heavy atom. The minimum atomic E-state index is -0.534. The number of aliphatic hydroxyl groups excluding tert-OH is 1. The third kappa shape index (κ3) is 5.10. The normalized spacial score (nSPS) is 20.6. The molecule has 0 aliphatic carbocycles. The van der Waals surface area contributed by atoms with E-state index in [-0.39, 0.29) is 17.9 Å². The number of nitrogens with one attached hydrogen (secondary N) is 2. The van der Waals surface area contributed by atoms with Crippen molar-refractivity contribution in [3.05, 3.63) is 18.0 Å². The number of carbonyl (C=O) groups is 1. The Bertz CT molecular complexity index is 487. The second-order valence-corrected chi connectivity index (χ2v) is 7.31. The van der Waals surface area contributed by atoms with Gasteiger partial charge in [-0.25, -0.2) is 0 Å². The Morgan fingerprint density at radius 2 is 2.36 bits per heavy atom. The van der Waals surface area contributed by atoms with E-state index in [1.165, 1.54) is 0 Å². The summed E-state index contributed by atoms with van der Waals surface area (Å²) >= 11 is 0. The number of carbonyl (C=O) groups excluding carboxylic acids is 1. The van der Waals surface area contributed by atoms with Crippen LogP contribution in [0.25, 0.3) is 0 Å². The molecule has 2 unspecified atom stereocenters. The molecule has 6 nitrogen and oxygen atoms in total. The van der Waals surface area contributed by atoms with Crippen LogP contribution in [0.15, 0.2) is 12.3 Å². The van der Waals surface area contributed by atoms with Gasteiger partial charge in [0.25, 0.3) is 5.91 Å². The minimum Gasteiger partial charge on any atom is -0.391 e. The van der Waals surface area contributed by atoms with Gasteiger partial charge < -0.3 is 15.7 Å². The van der Waals surface area contributed by atoms with Gasteiger partial charge in [-0.1, -0.05) is 20.8 Å². The lowest BCUT2D eigenvalue weighted by molar-refractivity contribution is 0.0863. The molecule has 1 aliphatic heterocycles. The maximum Gasteiger partial charge on any atom is 0.271 e. The first-order chi connectivity index (χ1) is 10.3. The molecule has 1 amide bonds. The van der Waals surface area contributed by atoms with Crippen molar-refractivity contribution < 1.29 is 9.90 Å². The first kappa shape index (κ1) is 17.0. The molecular weight excluding hydrogens is 280 g/mol. The first-order valence-corrected chi connectivity index (χ1v) is 8.07. The molecule has 1 saturated heterocycles. The van der Waals surface area contributed by atoms with E-state index in [4.69, 9.17) is 0 Å². The van der Waals surface area contributed by atoms with Gasteiger partial charge in [0, 0.05) is 19.3 Å². The molecule has 2 rings (SSSR count). The Balaban J connectivity index is 1.84. The molecule has 0 radical (unpaired) electrons. The van der Waals surface area contributed by atoms with E-state index in [0.717, 1.165) is 25.9 Å². The van der Waals surface area contributed by atoms with E-state index in [2.05, 4.69) is 36.5 Å². The van der Waals surface area contributed by atoms with Crippen molar-refractivity contribution in [1.82, 2.24) is 20.4 Å². The molecular formula is C16H28N4O2. The van der Waals surface area contributed by atoms with Crippen LogP contribution in [-0.2, 0) is 0 Å². The van der Waals surface area contributed by atoms with E-state index >= 15 is 0 Å². The third-order valence-electron chi connectivity index (χ3n) is 3.83. The van der Waals surface area contributed by atoms with Crippen molar-refractivity contribution in [3.8, 4) is 0 Å². The van der Waals surface area contributed by atoms with Gasteiger partial charge in [0.15, 0.2) is 0 Å². The van der Waals surface area contributed by atoms with Crippen LogP contribution >= 0.6 is 0 Å². The number of aliphatic hydroxyl groups is 1. The Morgan fingerprint density at radius 3 is 3.00 bits per heavy atom. The van der Waals surface area contributed by atoms with E-state index in [9.17, 15) is 9.90 Å². The van der Waals surface area contributed by atoms with Gasteiger partial charge in [-0.15, -0.1) is 0 Å². The molecule has 2 atom stereocenters. The number of hydrogen-bond donors (Lipinski definition) is 3. The predicted octanol–water partition coefficient (Wildman–Crippen LogP) is 1.33. The number of nitrogens with zero attached hydrogens (tertiary/aromatic N) is 2. The lowest BCUT2D eigenvalue weighted by atomic mass is 9.89. The molecule has 3 N–H and O–H groups in total. The van der Waals surface area contributed by atoms with E-state index in [1.807, 2.05) is 10.9 Å². The molecule has 1 aliphatic rings. The van der Waals surface area contributed by atoms with Crippen LogP contribution < -0.4 is 10.6 Å². The fourth-order valence-electron chi connectivity index (χ4n) is 2.80. The summed E-state index contributed by atoms with van der Waals surface area (Å²) in [6, 6.07) is 2.06. The molecule has 0 spiro atoms. The summed E-state index contributed by atoms with van der Waals surface area (Å²) in [5.41, 5.74) is 0.452. The van der Waals surface area contributed by atoms with E-state index in [1.54, 1.807) is 6.07 Å². The van der Waals surface area contributed by atoms with Crippen LogP contribution in [0.3, 0.4) is 0 Å². The summed E-state index contributed by atoms with van der Waals surface area (Å²) in [7, 11) is 0. The quantitative estimate of drug-likeness (QED) is 0.767. The number of piperidine rings is 1. The van der Waals surface area contributed by atoms with Crippen molar-refractivity contribution >= 4 is 5.91 Å². The number of amides is 1. The maximum absolute atomic E-state index is 12.1. The van der Waals surface area contributed by atoms with Crippen molar-refractivity contribution in [2.75, 3.05) is 19.6 Å². The van der Waals surface area contributed by atoms with Crippen molar-refractivity contribution in [2.45, 2.75) is 52.2 Å². The van der Waals surface area contributed by atoms with Crippen LogP contribution in [0.1, 0.15) is 56.6 Å².